The normalized spacial score (nSPS) is 10.6. The maximum absolute atomic E-state index is 13.4. The van der Waals surface area contributed by atoms with Crippen LogP contribution in [-0.2, 0) is 12.8 Å². The summed E-state index contributed by atoms with van der Waals surface area (Å²) in [5.74, 6) is -1.79. The van der Waals surface area contributed by atoms with Crippen molar-refractivity contribution in [2.45, 2.75) is 19.8 Å². The van der Waals surface area contributed by atoms with Crippen molar-refractivity contribution < 1.29 is 13.6 Å². The quantitative estimate of drug-likeness (QED) is 0.764. The minimum Gasteiger partial charge on any atom is -0.294 e. The van der Waals surface area contributed by atoms with Gasteiger partial charge < -0.3 is 0 Å². The summed E-state index contributed by atoms with van der Waals surface area (Å²) in [4.78, 5) is 14.0. The molecule has 2 rings (SSSR count). The second kappa shape index (κ2) is 5.40. The van der Waals surface area contributed by atoms with Crippen molar-refractivity contribution in [3.63, 3.8) is 0 Å². The molecule has 2 aromatic rings. The molecule has 0 aliphatic rings. The van der Waals surface area contributed by atoms with Gasteiger partial charge in [0, 0.05) is 22.2 Å². The molecule has 1 heterocycles. The molecule has 1 nitrogen and oxygen atoms in total. The average Bonchev–Trinajstić information content (AvgIpc) is 2.76. The molecule has 0 amide bonds. The van der Waals surface area contributed by atoms with Crippen molar-refractivity contribution in [3.8, 4) is 0 Å². The van der Waals surface area contributed by atoms with Gasteiger partial charge in [0.15, 0.2) is 5.78 Å². The number of hydrogen-bond acceptors (Lipinski definition) is 2. The highest BCUT2D eigenvalue weighted by Gasteiger charge is 2.14. The van der Waals surface area contributed by atoms with Gasteiger partial charge >= 0.3 is 0 Å². The number of hydrogen-bond donors (Lipinski definition) is 0. The van der Waals surface area contributed by atoms with Crippen LogP contribution < -0.4 is 0 Å². The summed E-state index contributed by atoms with van der Waals surface area (Å²) in [7, 11) is 0. The zero-order valence-electron chi connectivity index (χ0n) is 9.87. The number of carbonyl (C=O) groups is 1. The minimum atomic E-state index is -0.799. The third-order valence-electron chi connectivity index (χ3n) is 2.63. The van der Waals surface area contributed by atoms with Gasteiger partial charge in [-0.25, -0.2) is 8.78 Å². The highest BCUT2D eigenvalue weighted by Crippen LogP contribution is 2.20. The molecule has 0 saturated carbocycles. The number of carbonyl (C=O) groups excluding carboxylic acids is 1. The van der Waals surface area contributed by atoms with Crippen molar-refractivity contribution in [2.75, 3.05) is 0 Å². The molecule has 0 bridgehead atoms. The van der Waals surface area contributed by atoms with E-state index in [1.807, 2.05) is 19.1 Å². The van der Waals surface area contributed by atoms with E-state index in [0.29, 0.717) is 0 Å². The van der Waals surface area contributed by atoms with Crippen LogP contribution in [0.1, 0.15) is 27.0 Å². The Labute approximate surface area is 108 Å². The number of Topliss-reactive ketones (excluding diaryl/α,β-unsaturated/α-hetero) is 1. The number of aryl methyl sites for hydroxylation is 1. The molecule has 94 valence electrons. The van der Waals surface area contributed by atoms with Gasteiger partial charge in [0.1, 0.15) is 11.6 Å². The molecular weight excluding hydrogens is 254 g/mol. The number of benzene rings is 1. The van der Waals surface area contributed by atoms with Gasteiger partial charge in [-0.3, -0.25) is 4.79 Å². The second-order valence-electron chi connectivity index (χ2n) is 3.95. The van der Waals surface area contributed by atoms with Crippen molar-refractivity contribution in [1.82, 2.24) is 0 Å². The van der Waals surface area contributed by atoms with Crippen molar-refractivity contribution in [3.05, 3.63) is 57.3 Å². The second-order valence-corrected chi connectivity index (χ2v) is 5.20. The van der Waals surface area contributed by atoms with E-state index in [0.717, 1.165) is 23.4 Å². The van der Waals surface area contributed by atoms with Gasteiger partial charge in [0.25, 0.3) is 0 Å². The van der Waals surface area contributed by atoms with Gasteiger partial charge in [0.05, 0.1) is 5.56 Å². The van der Waals surface area contributed by atoms with E-state index in [2.05, 4.69) is 0 Å². The van der Waals surface area contributed by atoms with Crippen LogP contribution in [0.5, 0.6) is 0 Å². The van der Waals surface area contributed by atoms with Gasteiger partial charge in [-0.2, -0.15) is 0 Å². The molecule has 4 heteroatoms. The standard InChI is InChI=1S/C14H12F2OS/c1-2-10-4-5-11(18-10)8-14(17)12-6-3-9(15)7-13(12)16/h3-7H,2,8H2,1H3. The Morgan fingerprint density at radius 3 is 2.50 bits per heavy atom. The Bertz CT molecular complexity index is 575. The van der Waals surface area contributed by atoms with E-state index in [4.69, 9.17) is 0 Å². The largest absolute Gasteiger partial charge is 0.294 e. The van der Waals surface area contributed by atoms with Crippen LogP contribution >= 0.6 is 11.3 Å². The molecule has 0 spiro atoms. The Hall–Kier alpha value is -1.55. The Kier molecular flexibility index (Phi) is 3.87. The molecular formula is C14H12F2OS. The van der Waals surface area contributed by atoms with Crippen LogP contribution in [0.2, 0.25) is 0 Å². The smallest absolute Gasteiger partial charge is 0.171 e. The van der Waals surface area contributed by atoms with Gasteiger partial charge in [-0.05, 0) is 30.7 Å². The molecule has 0 unspecified atom stereocenters. The predicted octanol–water partition coefficient (Wildman–Crippen LogP) is 4.01. The maximum Gasteiger partial charge on any atom is 0.171 e. The summed E-state index contributed by atoms with van der Waals surface area (Å²) < 4.78 is 26.2. The zero-order valence-corrected chi connectivity index (χ0v) is 10.7. The van der Waals surface area contributed by atoms with Crippen LogP contribution in [0.15, 0.2) is 30.3 Å². The Morgan fingerprint density at radius 1 is 1.17 bits per heavy atom. The maximum atomic E-state index is 13.4. The fourth-order valence-electron chi connectivity index (χ4n) is 1.68. The van der Waals surface area contributed by atoms with Crippen LogP contribution in [0.3, 0.4) is 0 Å². The lowest BCUT2D eigenvalue weighted by atomic mass is 10.1. The van der Waals surface area contributed by atoms with Crippen molar-refractivity contribution in [1.29, 1.82) is 0 Å². The average molecular weight is 266 g/mol. The molecule has 1 aromatic carbocycles. The van der Waals surface area contributed by atoms with Crippen LogP contribution in [0.4, 0.5) is 8.78 Å². The lowest BCUT2D eigenvalue weighted by Crippen LogP contribution is -2.05. The number of rotatable bonds is 4. The topological polar surface area (TPSA) is 17.1 Å². The molecule has 0 aliphatic carbocycles. The van der Waals surface area contributed by atoms with Gasteiger partial charge in [-0.1, -0.05) is 6.92 Å². The summed E-state index contributed by atoms with van der Waals surface area (Å²) in [6, 6.07) is 6.87. The number of thiophene rings is 1. The first-order chi connectivity index (χ1) is 8.60. The molecule has 0 radical (unpaired) electrons. The van der Waals surface area contributed by atoms with E-state index in [-0.39, 0.29) is 17.8 Å². The molecule has 0 saturated heterocycles. The van der Waals surface area contributed by atoms with Gasteiger partial charge in [0.2, 0.25) is 0 Å². The molecule has 18 heavy (non-hydrogen) atoms. The lowest BCUT2D eigenvalue weighted by Gasteiger charge is -2.01. The summed E-state index contributed by atoms with van der Waals surface area (Å²) in [5.41, 5.74) is -0.0529. The number of ketones is 1. The molecule has 0 aliphatic heterocycles. The fraction of sp³-hybridized carbons (Fsp3) is 0.214. The van der Waals surface area contributed by atoms with Crippen LogP contribution in [0.25, 0.3) is 0 Å². The SMILES string of the molecule is CCc1ccc(CC(=O)c2ccc(F)cc2F)s1. The van der Waals surface area contributed by atoms with Crippen molar-refractivity contribution in [2.24, 2.45) is 0 Å². The first-order valence-corrected chi connectivity index (χ1v) is 6.47. The monoisotopic (exact) mass is 266 g/mol. The first kappa shape index (κ1) is 12.9. The highest BCUT2D eigenvalue weighted by molar-refractivity contribution is 7.12. The van der Waals surface area contributed by atoms with Crippen LogP contribution in [-0.4, -0.2) is 5.78 Å². The molecule has 0 N–H and O–H groups in total. The zero-order chi connectivity index (χ0) is 13.1. The molecule has 1 aromatic heterocycles. The summed E-state index contributed by atoms with van der Waals surface area (Å²) >= 11 is 1.55. The highest BCUT2D eigenvalue weighted by atomic mass is 32.1. The summed E-state index contributed by atoms with van der Waals surface area (Å²) in [5, 5.41) is 0. The molecule has 0 atom stereocenters. The Balaban J connectivity index is 2.16. The van der Waals surface area contributed by atoms with E-state index in [1.165, 1.54) is 10.9 Å². The first-order valence-electron chi connectivity index (χ1n) is 5.66. The Morgan fingerprint density at radius 2 is 1.89 bits per heavy atom. The van der Waals surface area contributed by atoms with E-state index in [9.17, 15) is 13.6 Å². The predicted molar refractivity (Wildman–Crippen MR) is 68.1 cm³/mol. The van der Waals surface area contributed by atoms with Crippen molar-refractivity contribution >= 4 is 17.1 Å². The third-order valence-corrected chi connectivity index (χ3v) is 3.86. The van der Waals surface area contributed by atoms with Gasteiger partial charge in [-0.15, -0.1) is 11.3 Å². The summed E-state index contributed by atoms with van der Waals surface area (Å²) in [6.45, 7) is 2.04. The lowest BCUT2D eigenvalue weighted by molar-refractivity contribution is 0.0990. The van der Waals surface area contributed by atoms with E-state index >= 15 is 0 Å². The van der Waals surface area contributed by atoms with Crippen LogP contribution in [0, 0.1) is 11.6 Å². The third kappa shape index (κ3) is 2.82. The summed E-state index contributed by atoms with van der Waals surface area (Å²) in [6.07, 6.45) is 1.08. The van der Waals surface area contributed by atoms with E-state index in [1.54, 1.807) is 11.3 Å². The molecule has 0 fully saturated rings. The number of halogens is 2. The minimum absolute atomic E-state index is 0.0529. The fourth-order valence-corrected chi connectivity index (χ4v) is 2.63. The van der Waals surface area contributed by atoms with E-state index < -0.39 is 11.6 Å².